The highest BCUT2D eigenvalue weighted by molar-refractivity contribution is 9.10. The van der Waals surface area contributed by atoms with E-state index in [1.165, 1.54) is 0 Å². The van der Waals surface area contributed by atoms with Gasteiger partial charge in [0.05, 0.1) is 0 Å². The second kappa shape index (κ2) is 4.77. The lowest BCUT2D eigenvalue weighted by atomic mass is 10.00. The maximum Gasteiger partial charge on any atom is 0.320 e. The quantitative estimate of drug-likeness (QED) is 0.884. The zero-order valence-corrected chi connectivity index (χ0v) is 10.3. The maximum absolute atomic E-state index is 10.6. The van der Waals surface area contributed by atoms with E-state index in [2.05, 4.69) is 15.9 Å². The second-order valence-electron chi connectivity index (χ2n) is 3.68. The lowest BCUT2D eigenvalue weighted by molar-refractivity contribution is -0.138. The van der Waals surface area contributed by atoms with Gasteiger partial charge in [-0.1, -0.05) is 22.0 Å². The molecule has 0 fully saturated rings. The van der Waals surface area contributed by atoms with Gasteiger partial charge in [0.2, 0.25) is 0 Å². The molecule has 1 aromatic carbocycles. The van der Waals surface area contributed by atoms with Crippen molar-refractivity contribution in [2.24, 2.45) is 5.73 Å². The molecule has 0 heterocycles. The summed E-state index contributed by atoms with van der Waals surface area (Å²) in [5.74, 6) is -0.967. The van der Waals surface area contributed by atoms with Gasteiger partial charge in [-0.15, -0.1) is 0 Å². The van der Waals surface area contributed by atoms with Crippen LogP contribution in [0.2, 0.25) is 0 Å². The van der Waals surface area contributed by atoms with E-state index < -0.39 is 12.0 Å². The van der Waals surface area contributed by atoms with E-state index in [1.54, 1.807) is 0 Å². The number of halogens is 1. The fourth-order valence-corrected chi connectivity index (χ4v) is 1.80. The molecule has 82 valence electrons. The molecule has 0 spiro atoms. The zero-order valence-electron chi connectivity index (χ0n) is 8.75. The van der Waals surface area contributed by atoms with Crippen LogP contribution < -0.4 is 5.73 Å². The van der Waals surface area contributed by atoms with Crippen LogP contribution in [0.1, 0.15) is 16.7 Å². The summed E-state index contributed by atoms with van der Waals surface area (Å²) in [4.78, 5) is 10.6. The number of rotatable bonds is 3. The van der Waals surface area contributed by atoms with E-state index in [0.717, 1.165) is 21.2 Å². The van der Waals surface area contributed by atoms with Crippen LogP contribution in [0, 0.1) is 13.8 Å². The van der Waals surface area contributed by atoms with Gasteiger partial charge in [0.15, 0.2) is 0 Å². The Kier molecular flexibility index (Phi) is 3.88. The van der Waals surface area contributed by atoms with Crippen LogP contribution in [0.25, 0.3) is 0 Å². The second-order valence-corrected chi connectivity index (χ2v) is 4.53. The number of carboxylic acids is 1. The van der Waals surface area contributed by atoms with Gasteiger partial charge in [0.1, 0.15) is 6.04 Å². The summed E-state index contributed by atoms with van der Waals surface area (Å²) in [7, 11) is 0. The standard InChI is InChI=1S/C11H14BrNO2/c1-6-3-7(2)9(12)4-8(6)5-10(13)11(14)15/h3-4,10H,5,13H2,1-2H3,(H,14,15). The van der Waals surface area contributed by atoms with Crippen LogP contribution in [0.4, 0.5) is 0 Å². The van der Waals surface area contributed by atoms with Crippen molar-refractivity contribution in [1.82, 2.24) is 0 Å². The van der Waals surface area contributed by atoms with E-state index >= 15 is 0 Å². The molecule has 0 aliphatic rings. The molecule has 0 bridgehead atoms. The number of hydrogen-bond acceptors (Lipinski definition) is 2. The number of carboxylic acid groups (broad SMARTS) is 1. The average Bonchev–Trinajstić information content (AvgIpc) is 2.13. The number of benzene rings is 1. The van der Waals surface area contributed by atoms with Crippen molar-refractivity contribution in [3.8, 4) is 0 Å². The van der Waals surface area contributed by atoms with Gasteiger partial charge < -0.3 is 10.8 Å². The van der Waals surface area contributed by atoms with Gasteiger partial charge in [-0.2, -0.15) is 0 Å². The molecule has 15 heavy (non-hydrogen) atoms. The van der Waals surface area contributed by atoms with Gasteiger partial charge in [-0.25, -0.2) is 0 Å². The molecule has 1 aromatic rings. The van der Waals surface area contributed by atoms with Crippen LogP contribution in [-0.4, -0.2) is 17.1 Å². The molecule has 0 saturated carbocycles. The number of aliphatic carboxylic acids is 1. The van der Waals surface area contributed by atoms with E-state index in [4.69, 9.17) is 10.8 Å². The molecule has 4 heteroatoms. The third-order valence-electron chi connectivity index (χ3n) is 2.37. The number of hydrogen-bond donors (Lipinski definition) is 2. The summed E-state index contributed by atoms with van der Waals surface area (Å²) >= 11 is 3.42. The van der Waals surface area contributed by atoms with E-state index in [1.807, 2.05) is 26.0 Å². The predicted octanol–water partition coefficient (Wildman–Crippen LogP) is 2.02. The normalized spacial score (nSPS) is 12.5. The van der Waals surface area contributed by atoms with E-state index in [-0.39, 0.29) is 0 Å². The van der Waals surface area contributed by atoms with Gasteiger partial charge >= 0.3 is 5.97 Å². The van der Waals surface area contributed by atoms with Crippen molar-refractivity contribution in [2.75, 3.05) is 0 Å². The van der Waals surface area contributed by atoms with Crippen molar-refractivity contribution in [3.05, 3.63) is 33.3 Å². The Bertz CT molecular complexity index is 390. The fourth-order valence-electron chi connectivity index (χ4n) is 1.41. The van der Waals surface area contributed by atoms with E-state index in [9.17, 15) is 4.79 Å². The Morgan fingerprint density at radius 2 is 2.07 bits per heavy atom. The first-order valence-electron chi connectivity index (χ1n) is 4.66. The average molecular weight is 272 g/mol. The van der Waals surface area contributed by atoms with Crippen LogP contribution in [-0.2, 0) is 11.2 Å². The number of aryl methyl sites for hydroxylation is 2. The summed E-state index contributed by atoms with van der Waals surface area (Å²) < 4.78 is 0.987. The Hall–Kier alpha value is -0.870. The lowest BCUT2D eigenvalue weighted by Crippen LogP contribution is -2.32. The third-order valence-corrected chi connectivity index (χ3v) is 3.23. The third kappa shape index (κ3) is 3.04. The minimum Gasteiger partial charge on any atom is -0.480 e. The number of nitrogens with two attached hydrogens (primary N) is 1. The fraction of sp³-hybridized carbons (Fsp3) is 0.364. The molecule has 0 aromatic heterocycles. The summed E-state index contributed by atoms with van der Waals surface area (Å²) in [5.41, 5.74) is 8.68. The Morgan fingerprint density at radius 3 is 2.60 bits per heavy atom. The topological polar surface area (TPSA) is 63.3 Å². The summed E-state index contributed by atoms with van der Waals surface area (Å²) in [6.07, 6.45) is 0.361. The smallest absolute Gasteiger partial charge is 0.320 e. The Morgan fingerprint density at radius 1 is 1.47 bits per heavy atom. The predicted molar refractivity (Wildman–Crippen MR) is 62.9 cm³/mol. The summed E-state index contributed by atoms with van der Waals surface area (Å²) in [6.45, 7) is 3.96. The summed E-state index contributed by atoms with van der Waals surface area (Å²) in [5, 5.41) is 8.72. The van der Waals surface area contributed by atoms with Gasteiger partial charge in [0.25, 0.3) is 0 Å². The first-order valence-corrected chi connectivity index (χ1v) is 5.45. The van der Waals surface area contributed by atoms with Crippen molar-refractivity contribution < 1.29 is 9.90 Å². The van der Waals surface area contributed by atoms with Crippen molar-refractivity contribution in [1.29, 1.82) is 0 Å². The molecule has 0 amide bonds. The van der Waals surface area contributed by atoms with E-state index in [0.29, 0.717) is 6.42 Å². The van der Waals surface area contributed by atoms with Gasteiger partial charge in [-0.05, 0) is 43.0 Å². The Balaban J connectivity index is 2.95. The van der Waals surface area contributed by atoms with Crippen molar-refractivity contribution in [2.45, 2.75) is 26.3 Å². The Labute approximate surface area is 97.4 Å². The lowest BCUT2D eigenvalue weighted by Gasteiger charge is -2.11. The van der Waals surface area contributed by atoms with Crippen molar-refractivity contribution in [3.63, 3.8) is 0 Å². The highest BCUT2D eigenvalue weighted by atomic mass is 79.9. The molecule has 1 rings (SSSR count). The van der Waals surface area contributed by atoms with Crippen molar-refractivity contribution >= 4 is 21.9 Å². The first kappa shape index (κ1) is 12.2. The largest absolute Gasteiger partial charge is 0.480 e. The molecular weight excluding hydrogens is 258 g/mol. The molecule has 3 nitrogen and oxygen atoms in total. The molecule has 3 N–H and O–H groups in total. The molecule has 1 atom stereocenters. The minimum absolute atomic E-state index is 0.361. The number of carbonyl (C=O) groups is 1. The highest BCUT2D eigenvalue weighted by Gasteiger charge is 2.14. The monoisotopic (exact) mass is 271 g/mol. The molecule has 0 saturated heterocycles. The molecule has 1 unspecified atom stereocenters. The molecule has 0 radical (unpaired) electrons. The zero-order chi connectivity index (χ0) is 11.6. The van der Waals surface area contributed by atoms with Crippen LogP contribution in [0.5, 0.6) is 0 Å². The first-order chi connectivity index (χ1) is 6.91. The molecule has 0 aliphatic carbocycles. The maximum atomic E-state index is 10.6. The minimum atomic E-state index is -0.967. The SMILES string of the molecule is Cc1cc(C)c(CC(N)C(=O)O)cc1Br. The molecular formula is C11H14BrNO2. The van der Waals surface area contributed by atoms with Crippen LogP contribution >= 0.6 is 15.9 Å². The van der Waals surface area contributed by atoms with Crippen LogP contribution in [0.15, 0.2) is 16.6 Å². The van der Waals surface area contributed by atoms with Gasteiger partial charge in [0, 0.05) is 4.47 Å². The van der Waals surface area contributed by atoms with Gasteiger partial charge in [-0.3, -0.25) is 4.79 Å². The molecule has 0 aliphatic heterocycles. The highest BCUT2D eigenvalue weighted by Crippen LogP contribution is 2.21. The summed E-state index contributed by atoms with van der Waals surface area (Å²) in [6, 6.07) is 3.12. The van der Waals surface area contributed by atoms with Crippen LogP contribution in [0.3, 0.4) is 0 Å².